The van der Waals surface area contributed by atoms with Crippen molar-refractivity contribution in [2.24, 2.45) is 23.7 Å². The monoisotopic (exact) mass is 443 g/mol. The van der Waals surface area contributed by atoms with E-state index in [-0.39, 0.29) is 6.10 Å². The van der Waals surface area contributed by atoms with Crippen LogP contribution in [0.2, 0.25) is 0 Å². The smallest absolute Gasteiger partial charge is 0.207 e. The van der Waals surface area contributed by atoms with Gasteiger partial charge in [0, 0.05) is 25.5 Å². The molecule has 0 amide bonds. The van der Waals surface area contributed by atoms with Crippen molar-refractivity contribution in [2.75, 3.05) is 34.4 Å². The average Bonchev–Trinajstić information content (AvgIpc) is 2.79. The predicted octanol–water partition coefficient (Wildman–Crippen LogP) is 5.40. The van der Waals surface area contributed by atoms with E-state index in [0.717, 1.165) is 56.4 Å². The first kappa shape index (κ1) is 22.6. The van der Waals surface area contributed by atoms with Crippen LogP contribution < -0.4 is 4.74 Å². The summed E-state index contributed by atoms with van der Waals surface area (Å²) in [7, 11) is 5.96. The SMILES string of the molecule is COC1(OOC2CCC(c3ccc(OCCN(C)C)cc3)CC2)C2CC3CC(C2)CC1C3. The Bertz CT molecular complexity index is 713. The summed E-state index contributed by atoms with van der Waals surface area (Å²) in [5, 5.41) is 0. The van der Waals surface area contributed by atoms with Crippen LogP contribution in [0.3, 0.4) is 0 Å². The fraction of sp³-hybridized carbons (Fsp3) is 0.778. The van der Waals surface area contributed by atoms with Crippen LogP contribution >= 0.6 is 0 Å². The molecule has 0 heterocycles. The second kappa shape index (κ2) is 9.61. The lowest BCUT2D eigenvalue weighted by atomic mass is 9.53. The molecule has 6 rings (SSSR count). The van der Waals surface area contributed by atoms with Gasteiger partial charge in [-0.15, -0.1) is 0 Å². The number of rotatable bonds is 9. The van der Waals surface area contributed by atoms with E-state index in [1.165, 1.54) is 37.7 Å². The minimum absolute atomic E-state index is 0.184. The number of methoxy groups -OCH3 is 1. The standard InChI is InChI=1S/C27H41NO4/c1-28(2)12-13-30-25-8-4-21(5-9-25)22-6-10-26(11-7-22)31-32-27(29-3)23-15-19-14-20(17-23)18-24(27)16-19/h4-5,8-9,19-20,22-24,26H,6-7,10-18H2,1-3H3. The summed E-state index contributed by atoms with van der Waals surface area (Å²) >= 11 is 0. The van der Waals surface area contributed by atoms with Crippen LogP contribution in [-0.2, 0) is 14.5 Å². The highest BCUT2D eigenvalue weighted by molar-refractivity contribution is 5.29. The first-order valence-corrected chi connectivity index (χ1v) is 12.8. The van der Waals surface area contributed by atoms with Gasteiger partial charge in [-0.2, -0.15) is 0 Å². The normalized spacial score (nSPS) is 38.4. The summed E-state index contributed by atoms with van der Waals surface area (Å²) in [4.78, 5) is 14.5. The second-order valence-electron chi connectivity index (χ2n) is 11.1. The zero-order chi connectivity index (χ0) is 22.1. The largest absolute Gasteiger partial charge is 0.492 e. The predicted molar refractivity (Wildman–Crippen MR) is 124 cm³/mol. The van der Waals surface area contributed by atoms with Crippen LogP contribution in [0.25, 0.3) is 0 Å². The summed E-state index contributed by atoms with van der Waals surface area (Å²) in [6.07, 6.45) is 11.0. The Morgan fingerprint density at radius 3 is 2.06 bits per heavy atom. The Morgan fingerprint density at radius 1 is 0.875 bits per heavy atom. The zero-order valence-corrected chi connectivity index (χ0v) is 20.1. The molecule has 5 nitrogen and oxygen atoms in total. The molecule has 178 valence electrons. The summed E-state index contributed by atoms with van der Waals surface area (Å²) < 4.78 is 11.9. The zero-order valence-electron chi connectivity index (χ0n) is 20.1. The van der Waals surface area contributed by atoms with Gasteiger partial charge in [-0.25, -0.2) is 9.78 Å². The topological polar surface area (TPSA) is 40.2 Å². The number of hydrogen-bond acceptors (Lipinski definition) is 5. The summed E-state index contributed by atoms with van der Waals surface area (Å²) in [6, 6.07) is 8.71. The summed E-state index contributed by atoms with van der Waals surface area (Å²) in [6.45, 7) is 1.65. The van der Waals surface area contributed by atoms with E-state index in [4.69, 9.17) is 19.2 Å². The van der Waals surface area contributed by atoms with Gasteiger partial charge in [-0.3, -0.25) is 0 Å². The van der Waals surface area contributed by atoms with Crippen molar-refractivity contribution in [3.05, 3.63) is 29.8 Å². The van der Waals surface area contributed by atoms with Crippen LogP contribution in [-0.4, -0.2) is 51.1 Å². The number of hydrogen-bond donors (Lipinski definition) is 0. The van der Waals surface area contributed by atoms with Crippen LogP contribution in [0.5, 0.6) is 5.75 Å². The Morgan fingerprint density at radius 2 is 1.50 bits per heavy atom. The number of benzene rings is 1. The molecule has 5 aliphatic carbocycles. The molecule has 0 spiro atoms. The van der Waals surface area contributed by atoms with Crippen LogP contribution in [0, 0.1) is 23.7 Å². The first-order valence-electron chi connectivity index (χ1n) is 12.8. The maximum absolute atomic E-state index is 6.26. The van der Waals surface area contributed by atoms with E-state index < -0.39 is 5.79 Å². The molecule has 0 unspecified atom stereocenters. The molecule has 5 aliphatic rings. The lowest BCUT2D eigenvalue weighted by molar-refractivity contribution is -0.485. The maximum Gasteiger partial charge on any atom is 0.207 e. The Labute approximate surface area is 193 Å². The lowest BCUT2D eigenvalue weighted by Crippen LogP contribution is -2.60. The van der Waals surface area contributed by atoms with Gasteiger partial charge >= 0.3 is 0 Å². The van der Waals surface area contributed by atoms with Gasteiger partial charge < -0.3 is 14.4 Å². The van der Waals surface area contributed by atoms with Crippen LogP contribution in [0.4, 0.5) is 0 Å². The molecule has 0 saturated heterocycles. The van der Waals surface area contributed by atoms with E-state index in [0.29, 0.717) is 17.8 Å². The van der Waals surface area contributed by atoms with Gasteiger partial charge in [0.2, 0.25) is 5.79 Å². The maximum atomic E-state index is 6.26. The molecule has 5 saturated carbocycles. The molecule has 1 aromatic carbocycles. The van der Waals surface area contributed by atoms with E-state index >= 15 is 0 Å². The van der Waals surface area contributed by atoms with Crippen molar-refractivity contribution in [1.82, 2.24) is 4.90 Å². The van der Waals surface area contributed by atoms with Crippen molar-refractivity contribution < 1.29 is 19.2 Å². The molecule has 5 heteroatoms. The Kier molecular flexibility index (Phi) is 6.80. The van der Waals surface area contributed by atoms with Gasteiger partial charge in [0.05, 0.1) is 6.10 Å². The van der Waals surface area contributed by atoms with E-state index in [1.807, 2.05) is 7.11 Å². The molecule has 0 radical (unpaired) electrons. The van der Waals surface area contributed by atoms with Crippen molar-refractivity contribution in [3.63, 3.8) is 0 Å². The van der Waals surface area contributed by atoms with Crippen molar-refractivity contribution >= 4 is 0 Å². The molecular formula is C27H41NO4. The third kappa shape index (κ3) is 4.59. The Hall–Kier alpha value is -1.14. The van der Waals surface area contributed by atoms with Crippen LogP contribution in [0.15, 0.2) is 24.3 Å². The van der Waals surface area contributed by atoms with Crippen LogP contribution in [0.1, 0.15) is 69.3 Å². The van der Waals surface area contributed by atoms with Crippen molar-refractivity contribution in [2.45, 2.75) is 75.6 Å². The second-order valence-corrected chi connectivity index (χ2v) is 11.1. The number of nitrogens with zero attached hydrogens (tertiary/aromatic N) is 1. The molecule has 32 heavy (non-hydrogen) atoms. The van der Waals surface area contributed by atoms with E-state index in [1.54, 1.807) is 0 Å². The molecule has 0 aromatic heterocycles. The fourth-order valence-corrected chi connectivity index (χ4v) is 7.16. The van der Waals surface area contributed by atoms with Gasteiger partial charge in [0.25, 0.3) is 0 Å². The summed E-state index contributed by atoms with van der Waals surface area (Å²) in [5.41, 5.74) is 1.42. The van der Waals surface area contributed by atoms with E-state index in [9.17, 15) is 0 Å². The minimum Gasteiger partial charge on any atom is -0.492 e. The molecule has 5 fully saturated rings. The highest BCUT2D eigenvalue weighted by Crippen LogP contribution is 2.60. The summed E-state index contributed by atoms with van der Waals surface area (Å²) in [5.74, 6) is 3.88. The first-order chi connectivity index (χ1) is 15.6. The Balaban J connectivity index is 1.10. The highest BCUT2D eigenvalue weighted by Gasteiger charge is 2.60. The van der Waals surface area contributed by atoms with Gasteiger partial charge in [-0.1, -0.05) is 12.1 Å². The van der Waals surface area contributed by atoms with E-state index in [2.05, 4.69) is 43.3 Å². The molecular weight excluding hydrogens is 402 g/mol. The third-order valence-corrected chi connectivity index (χ3v) is 8.74. The number of ether oxygens (including phenoxy) is 2. The van der Waals surface area contributed by atoms with Gasteiger partial charge in [0.15, 0.2) is 0 Å². The van der Waals surface area contributed by atoms with Crippen molar-refractivity contribution in [3.8, 4) is 5.75 Å². The third-order valence-electron chi connectivity index (χ3n) is 8.74. The molecule has 4 bridgehead atoms. The highest BCUT2D eigenvalue weighted by atomic mass is 17.2. The lowest BCUT2D eigenvalue weighted by Gasteiger charge is -2.58. The molecule has 0 atom stereocenters. The van der Waals surface area contributed by atoms with Crippen molar-refractivity contribution in [1.29, 1.82) is 0 Å². The molecule has 0 aliphatic heterocycles. The fourth-order valence-electron chi connectivity index (χ4n) is 7.16. The quantitative estimate of drug-likeness (QED) is 0.290. The molecule has 1 aromatic rings. The minimum atomic E-state index is -0.493. The van der Waals surface area contributed by atoms with Gasteiger partial charge in [0.1, 0.15) is 12.4 Å². The number of likely N-dealkylation sites (N-methyl/N-ethyl adjacent to an activating group) is 1. The van der Waals surface area contributed by atoms with Gasteiger partial charge in [-0.05, 0) is 107 Å². The average molecular weight is 444 g/mol. The molecule has 0 N–H and O–H groups in total.